The number of esters is 1. The van der Waals surface area contributed by atoms with Gasteiger partial charge >= 0.3 is 11.9 Å². The first-order valence-electron chi connectivity index (χ1n) is 10.4. The lowest BCUT2D eigenvalue weighted by atomic mass is 9.97. The second-order valence-electron chi connectivity index (χ2n) is 7.90. The van der Waals surface area contributed by atoms with Gasteiger partial charge in [-0.15, -0.1) is 0 Å². The molecule has 0 aliphatic carbocycles. The van der Waals surface area contributed by atoms with Gasteiger partial charge in [0.1, 0.15) is 42.4 Å². The van der Waals surface area contributed by atoms with Gasteiger partial charge in [0.05, 0.1) is 6.61 Å². The maximum Gasteiger partial charge on any atom is 0.335 e. The monoisotopic (exact) mass is 502 g/mol. The lowest BCUT2D eigenvalue weighted by Gasteiger charge is -2.45. The zero-order valence-corrected chi connectivity index (χ0v) is 18.0. The number of carboxylic acids is 1. The number of carbonyl (C=O) groups is 2. The van der Waals surface area contributed by atoms with Crippen molar-refractivity contribution in [3.63, 3.8) is 0 Å². The van der Waals surface area contributed by atoms with Crippen molar-refractivity contribution in [2.45, 2.75) is 61.4 Å². The molecule has 0 unspecified atom stereocenters. The summed E-state index contributed by atoms with van der Waals surface area (Å²) in [6.45, 7) is -0.781. The molecule has 35 heavy (non-hydrogen) atoms. The Morgan fingerprint density at radius 3 is 2.14 bits per heavy atom. The van der Waals surface area contributed by atoms with Gasteiger partial charge in [-0.3, -0.25) is 0 Å². The first-order valence-corrected chi connectivity index (χ1v) is 10.4. The largest absolute Gasteiger partial charge is 0.508 e. The molecular weight excluding hydrogens is 476 g/mol. The molecule has 8 N–H and O–H groups in total. The fourth-order valence-corrected chi connectivity index (χ4v) is 3.52. The van der Waals surface area contributed by atoms with Gasteiger partial charge in [0.2, 0.25) is 6.29 Å². The van der Waals surface area contributed by atoms with E-state index in [1.165, 1.54) is 30.3 Å². The summed E-state index contributed by atoms with van der Waals surface area (Å²) < 4.78 is 20.8. The van der Waals surface area contributed by atoms with Gasteiger partial charge in [-0.05, 0) is 23.8 Å². The molecule has 3 rings (SSSR count). The number of aliphatic hydroxyl groups excluding tert-OH is 6. The van der Waals surface area contributed by atoms with E-state index in [0.717, 1.165) is 6.08 Å². The number of hydrogen-bond acceptors (Lipinski definition) is 13. The number of benzene rings is 1. The highest BCUT2D eigenvalue weighted by molar-refractivity contribution is 5.87. The Hall–Kier alpha value is -2.66. The Balaban J connectivity index is 1.77. The summed E-state index contributed by atoms with van der Waals surface area (Å²) in [6, 6.07) is 5.77. The molecule has 1 aromatic carbocycles. The highest BCUT2D eigenvalue weighted by Crippen LogP contribution is 2.30. The van der Waals surface area contributed by atoms with Crippen LogP contribution in [0.15, 0.2) is 30.3 Å². The van der Waals surface area contributed by atoms with E-state index in [9.17, 15) is 50.4 Å². The average Bonchev–Trinajstić information content (AvgIpc) is 2.82. The maximum absolute atomic E-state index is 12.3. The number of aliphatic hydroxyl groups is 6. The van der Waals surface area contributed by atoms with Crippen LogP contribution >= 0.6 is 0 Å². The van der Waals surface area contributed by atoms with Gasteiger partial charge in [0.25, 0.3) is 0 Å². The topological polar surface area (TPSA) is 233 Å². The van der Waals surface area contributed by atoms with Crippen molar-refractivity contribution < 1.29 is 69.4 Å². The maximum atomic E-state index is 12.3. The Morgan fingerprint density at radius 1 is 0.886 bits per heavy atom. The van der Waals surface area contributed by atoms with Crippen LogP contribution in [0.1, 0.15) is 5.56 Å². The van der Waals surface area contributed by atoms with Gasteiger partial charge in [-0.2, -0.15) is 0 Å². The quantitative estimate of drug-likeness (QED) is 0.135. The van der Waals surface area contributed by atoms with Crippen LogP contribution in [-0.2, 0) is 28.5 Å². The van der Waals surface area contributed by atoms with E-state index in [4.69, 9.17) is 18.9 Å². The SMILES string of the molecule is O=C(/C=C/c1ccc(O)cc1)O[C@@H]1O[C@H](CO)[C@@H](O)[C@H](O)[C@H]1O[C@@H]1O[C@H](C(=O)O)[C@@H](O)[C@H](O)[C@H]1O. The lowest BCUT2D eigenvalue weighted by Crippen LogP contribution is -2.65. The molecule has 0 spiro atoms. The van der Waals surface area contributed by atoms with Crippen molar-refractivity contribution in [1.29, 1.82) is 0 Å². The predicted molar refractivity (Wildman–Crippen MR) is 110 cm³/mol. The number of aliphatic carboxylic acids is 1. The molecule has 2 aliphatic heterocycles. The molecule has 1 aromatic rings. The molecule has 14 heteroatoms. The average molecular weight is 502 g/mol. The van der Waals surface area contributed by atoms with Crippen LogP contribution in [0.25, 0.3) is 6.08 Å². The molecule has 2 aliphatic rings. The van der Waals surface area contributed by atoms with E-state index in [1.807, 2.05) is 0 Å². The van der Waals surface area contributed by atoms with Crippen LogP contribution in [0.4, 0.5) is 0 Å². The first-order chi connectivity index (χ1) is 16.5. The number of carboxylic acid groups (broad SMARTS) is 1. The predicted octanol–water partition coefficient (Wildman–Crippen LogP) is -3.33. The highest BCUT2D eigenvalue weighted by Gasteiger charge is 2.52. The van der Waals surface area contributed by atoms with Crippen LogP contribution in [-0.4, -0.2) is 121 Å². The third-order valence-corrected chi connectivity index (χ3v) is 5.47. The smallest absolute Gasteiger partial charge is 0.335 e. The third kappa shape index (κ3) is 6.13. The Kier molecular flexibility index (Phi) is 8.76. The van der Waals surface area contributed by atoms with Crippen molar-refractivity contribution in [2.75, 3.05) is 6.61 Å². The van der Waals surface area contributed by atoms with Crippen LogP contribution in [0.5, 0.6) is 5.75 Å². The van der Waals surface area contributed by atoms with Crippen molar-refractivity contribution in [1.82, 2.24) is 0 Å². The second-order valence-corrected chi connectivity index (χ2v) is 7.90. The van der Waals surface area contributed by atoms with Crippen molar-refractivity contribution in [2.24, 2.45) is 0 Å². The fraction of sp³-hybridized carbons (Fsp3) is 0.524. The summed E-state index contributed by atoms with van der Waals surface area (Å²) in [7, 11) is 0. The summed E-state index contributed by atoms with van der Waals surface area (Å²) in [6.07, 6.45) is -16.3. The number of hydrogen-bond donors (Lipinski definition) is 8. The summed E-state index contributed by atoms with van der Waals surface area (Å²) in [4.78, 5) is 23.6. The van der Waals surface area contributed by atoms with E-state index < -0.39 is 80.0 Å². The van der Waals surface area contributed by atoms with Crippen LogP contribution in [0.2, 0.25) is 0 Å². The van der Waals surface area contributed by atoms with Crippen molar-refractivity contribution in [3.05, 3.63) is 35.9 Å². The van der Waals surface area contributed by atoms with Gasteiger partial charge in [0.15, 0.2) is 18.5 Å². The van der Waals surface area contributed by atoms with Gasteiger partial charge in [-0.1, -0.05) is 12.1 Å². The van der Waals surface area contributed by atoms with E-state index in [-0.39, 0.29) is 5.75 Å². The molecule has 0 amide bonds. The molecule has 0 saturated carbocycles. The van der Waals surface area contributed by atoms with E-state index >= 15 is 0 Å². The molecule has 0 bridgehead atoms. The van der Waals surface area contributed by atoms with Gasteiger partial charge in [-0.25, -0.2) is 9.59 Å². The number of rotatable bonds is 7. The molecule has 2 saturated heterocycles. The lowest BCUT2D eigenvalue weighted by molar-refractivity contribution is -0.358. The summed E-state index contributed by atoms with van der Waals surface area (Å²) in [5, 5.41) is 78.5. The Labute approximate surface area is 197 Å². The van der Waals surface area contributed by atoms with Crippen LogP contribution in [0, 0.1) is 0 Å². The molecule has 2 heterocycles. The molecular formula is C21H26O14. The summed E-state index contributed by atoms with van der Waals surface area (Å²) >= 11 is 0. The fourth-order valence-electron chi connectivity index (χ4n) is 3.52. The van der Waals surface area contributed by atoms with Crippen molar-refractivity contribution >= 4 is 18.0 Å². The van der Waals surface area contributed by atoms with Gasteiger partial charge in [0, 0.05) is 6.08 Å². The number of carbonyl (C=O) groups excluding carboxylic acids is 1. The minimum atomic E-state index is -2.01. The molecule has 0 aromatic heterocycles. The Bertz CT molecular complexity index is 904. The molecule has 194 valence electrons. The number of phenolic OH excluding ortho intramolecular Hbond substituents is 1. The summed E-state index contributed by atoms with van der Waals surface area (Å²) in [5.74, 6) is -2.68. The van der Waals surface area contributed by atoms with E-state index in [2.05, 4.69) is 0 Å². The minimum Gasteiger partial charge on any atom is -0.508 e. The zero-order chi connectivity index (χ0) is 25.9. The number of ether oxygens (including phenoxy) is 4. The number of aromatic hydroxyl groups is 1. The molecule has 14 nitrogen and oxygen atoms in total. The highest BCUT2D eigenvalue weighted by atomic mass is 16.8. The van der Waals surface area contributed by atoms with Crippen molar-refractivity contribution in [3.8, 4) is 5.75 Å². The van der Waals surface area contributed by atoms with E-state index in [1.54, 1.807) is 0 Å². The number of phenols is 1. The molecule has 2 fully saturated rings. The normalized spacial score (nSPS) is 37.8. The van der Waals surface area contributed by atoms with Crippen LogP contribution < -0.4 is 0 Å². The second kappa shape index (κ2) is 11.4. The molecule has 0 radical (unpaired) electrons. The first kappa shape index (κ1) is 26.9. The minimum absolute atomic E-state index is 0.0119. The third-order valence-electron chi connectivity index (χ3n) is 5.47. The standard InChI is InChI=1S/C21H26O14/c22-7-10-12(25)14(27)18(35-20-16(29)13(26)15(28)17(34-20)19(30)31)21(32-10)33-11(24)6-3-8-1-4-9(23)5-2-8/h1-6,10,12-18,20-23,25-29H,7H2,(H,30,31)/b6-3+/t10-,12-,13+,14+,15+,16-,17+,18-,20+,21+/m1/s1. The molecule has 10 atom stereocenters. The van der Waals surface area contributed by atoms with Crippen LogP contribution in [0.3, 0.4) is 0 Å². The summed E-state index contributed by atoms with van der Waals surface area (Å²) in [5.41, 5.74) is 0.520. The van der Waals surface area contributed by atoms with Gasteiger partial charge < -0.3 is 59.8 Å². The Morgan fingerprint density at radius 2 is 1.54 bits per heavy atom. The van der Waals surface area contributed by atoms with E-state index in [0.29, 0.717) is 5.56 Å². The zero-order valence-electron chi connectivity index (χ0n) is 18.0.